The fraction of sp³-hybridized carbons (Fsp3) is 0.130. The van der Waals surface area contributed by atoms with E-state index in [0.29, 0.717) is 27.6 Å². The van der Waals surface area contributed by atoms with E-state index in [9.17, 15) is 19.5 Å². The van der Waals surface area contributed by atoms with E-state index in [1.54, 1.807) is 42.5 Å². The van der Waals surface area contributed by atoms with Crippen LogP contribution in [0, 0.1) is 0 Å². The molecule has 0 bridgehead atoms. The van der Waals surface area contributed by atoms with E-state index in [1.807, 2.05) is 6.07 Å². The number of nitrogens with zero attached hydrogens (tertiary/aromatic N) is 2. The average Bonchev–Trinajstić information content (AvgIpc) is 3.26. The molecule has 2 aromatic carbocycles. The van der Waals surface area contributed by atoms with Gasteiger partial charge in [-0.25, -0.2) is 9.78 Å². The second kappa shape index (κ2) is 9.13. The number of methoxy groups -OCH3 is 2. The van der Waals surface area contributed by atoms with Crippen molar-refractivity contribution in [2.75, 3.05) is 19.5 Å². The van der Waals surface area contributed by atoms with Gasteiger partial charge in [0, 0.05) is 17.0 Å². The molecule has 0 fully saturated rings. The van der Waals surface area contributed by atoms with E-state index >= 15 is 0 Å². The first-order chi connectivity index (χ1) is 15.9. The number of thiophene rings is 1. The molecule has 4 aromatic rings. The van der Waals surface area contributed by atoms with Crippen LogP contribution in [0.2, 0.25) is 0 Å². The SMILES string of the molecule is COc1ccc(OC)c(NC(=O)Cn2c(-c3ccccc3)nc3scc(C(=O)O)c3c2=O)c1. The fourth-order valence-electron chi connectivity index (χ4n) is 3.38. The number of nitrogens with one attached hydrogen (secondary N) is 1. The summed E-state index contributed by atoms with van der Waals surface area (Å²) in [6.45, 7) is -0.388. The summed E-state index contributed by atoms with van der Waals surface area (Å²) in [4.78, 5) is 42.8. The van der Waals surface area contributed by atoms with Gasteiger partial charge in [0.05, 0.1) is 30.9 Å². The van der Waals surface area contributed by atoms with Crippen LogP contribution in [0.4, 0.5) is 5.69 Å². The second-order valence-corrected chi connectivity index (χ2v) is 7.80. The van der Waals surface area contributed by atoms with Crippen molar-refractivity contribution < 1.29 is 24.2 Å². The van der Waals surface area contributed by atoms with Crippen molar-refractivity contribution in [3.63, 3.8) is 0 Å². The Balaban J connectivity index is 1.80. The van der Waals surface area contributed by atoms with Gasteiger partial charge in [0.2, 0.25) is 5.91 Å². The molecule has 168 valence electrons. The highest BCUT2D eigenvalue weighted by atomic mass is 32.1. The minimum Gasteiger partial charge on any atom is -0.497 e. The number of aromatic nitrogens is 2. The molecule has 0 saturated carbocycles. The molecule has 0 radical (unpaired) electrons. The van der Waals surface area contributed by atoms with Gasteiger partial charge in [-0.1, -0.05) is 30.3 Å². The average molecular weight is 465 g/mol. The van der Waals surface area contributed by atoms with Gasteiger partial charge in [-0.15, -0.1) is 11.3 Å². The van der Waals surface area contributed by atoms with E-state index in [1.165, 1.54) is 24.2 Å². The molecule has 0 saturated heterocycles. The normalized spacial score (nSPS) is 10.7. The summed E-state index contributed by atoms with van der Waals surface area (Å²) >= 11 is 1.07. The van der Waals surface area contributed by atoms with Crippen molar-refractivity contribution in [3.8, 4) is 22.9 Å². The van der Waals surface area contributed by atoms with Crippen molar-refractivity contribution in [1.29, 1.82) is 0 Å². The molecule has 0 atom stereocenters. The molecule has 0 aliphatic carbocycles. The van der Waals surface area contributed by atoms with Crippen LogP contribution in [0.5, 0.6) is 11.5 Å². The second-order valence-electron chi connectivity index (χ2n) is 6.94. The number of benzene rings is 2. The third kappa shape index (κ3) is 4.28. The van der Waals surface area contributed by atoms with Gasteiger partial charge in [-0.05, 0) is 12.1 Å². The van der Waals surface area contributed by atoms with Crippen LogP contribution in [0.3, 0.4) is 0 Å². The molecule has 4 rings (SSSR count). The van der Waals surface area contributed by atoms with E-state index < -0.39 is 17.4 Å². The lowest BCUT2D eigenvalue weighted by atomic mass is 10.2. The number of carboxylic acid groups (broad SMARTS) is 1. The summed E-state index contributed by atoms with van der Waals surface area (Å²) < 4.78 is 11.7. The van der Waals surface area contributed by atoms with Gasteiger partial charge in [-0.3, -0.25) is 14.2 Å². The maximum Gasteiger partial charge on any atom is 0.337 e. The summed E-state index contributed by atoms with van der Waals surface area (Å²) in [7, 11) is 2.97. The minimum atomic E-state index is -1.23. The quantitative estimate of drug-likeness (QED) is 0.429. The van der Waals surface area contributed by atoms with Crippen LogP contribution in [0.1, 0.15) is 10.4 Å². The summed E-state index contributed by atoms with van der Waals surface area (Å²) in [6, 6.07) is 13.9. The van der Waals surface area contributed by atoms with Crippen LogP contribution in [-0.4, -0.2) is 40.8 Å². The molecule has 0 spiro atoms. The van der Waals surface area contributed by atoms with Gasteiger partial charge in [-0.2, -0.15) is 0 Å². The smallest absolute Gasteiger partial charge is 0.337 e. The van der Waals surface area contributed by atoms with Gasteiger partial charge >= 0.3 is 5.97 Å². The molecule has 0 unspecified atom stereocenters. The topological polar surface area (TPSA) is 120 Å². The summed E-state index contributed by atoms with van der Waals surface area (Å²) in [5.41, 5.74) is 0.237. The van der Waals surface area contributed by atoms with Crippen LogP contribution in [0.15, 0.2) is 58.7 Å². The molecule has 10 heteroatoms. The molecule has 0 aliphatic rings. The molecule has 2 heterocycles. The maximum absolute atomic E-state index is 13.4. The monoisotopic (exact) mass is 465 g/mol. The molecule has 33 heavy (non-hydrogen) atoms. The standard InChI is InChI=1S/C23H19N3O6S/c1-31-14-8-9-17(32-2)16(10-14)24-18(27)11-26-20(13-6-4-3-5-7-13)25-21-19(22(26)28)15(12-33-21)23(29)30/h3-10,12H,11H2,1-2H3,(H,24,27)(H,29,30). The predicted octanol–water partition coefficient (Wildman–Crippen LogP) is 3.48. The summed E-state index contributed by atoms with van der Waals surface area (Å²) in [5.74, 6) is -0.557. The Bertz CT molecular complexity index is 1410. The number of ether oxygens (including phenoxy) is 2. The first-order valence-corrected chi connectivity index (χ1v) is 10.6. The Morgan fingerprint density at radius 3 is 2.55 bits per heavy atom. The lowest BCUT2D eigenvalue weighted by molar-refractivity contribution is -0.116. The number of carboxylic acids is 1. The number of aromatic carboxylic acids is 1. The zero-order chi connectivity index (χ0) is 23.5. The van der Waals surface area contributed by atoms with E-state index in [4.69, 9.17) is 9.47 Å². The highest BCUT2D eigenvalue weighted by molar-refractivity contribution is 7.17. The molecular formula is C23H19N3O6S. The molecule has 2 N–H and O–H groups in total. The lowest BCUT2D eigenvalue weighted by Gasteiger charge is -2.15. The van der Waals surface area contributed by atoms with Gasteiger partial charge < -0.3 is 19.9 Å². The molecular weight excluding hydrogens is 446 g/mol. The number of rotatable bonds is 7. The highest BCUT2D eigenvalue weighted by Crippen LogP contribution is 2.29. The number of carbonyl (C=O) groups excluding carboxylic acids is 1. The fourth-order valence-corrected chi connectivity index (χ4v) is 4.28. The van der Waals surface area contributed by atoms with Gasteiger partial charge in [0.25, 0.3) is 5.56 Å². The van der Waals surface area contributed by atoms with Crippen molar-refractivity contribution in [2.24, 2.45) is 0 Å². The van der Waals surface area contributed by atoms with E-state index in [2.05, 4.69) is 10.3 Å². The van der Waals surface area contributed by atoms with Gasteiger partial charge in [0.15, 0.2) is 0 Å². The van der Waals surface area contributed by atoms with Crippen molar-refractivity contribution in [3.05, 3.63) is 69.8 Å². The molecule has 9 nitrogen and oxygen atoms in total. The van der Waals surface area contributed by atoms with Crippen molar-refractivity contribution in [2.45, 2.75) is 6.54 Å². The number of hydrogen-bond acceptors (Lipinski definition) is 7. The van der Waals surface area contributed by atoms with Crippen LogP contribution < -0.4 is 20.3 Å². The van der Waals surface area contributed by atoms with E-state index in [0.717, 1.165) is 11.3 Å². The Morgan fingerprint density at radius 1 is 1.12 bits per heavy atom. The Kier molecular flexibility index (Phi) is 6.09. The highest BCUT2D eigenvalue weighted by Gasteiger charge is 2.22. The van der Waals surface area contributed by atoms with Crippen LogP contribution >= 0.6 is 11.3 Å². The number of hydrogen-bond donors (Lipinski definition) is 2. The van der Waals surface area contributed by atoms with Crippen LogP contribution in [-0.2, 0) is 11.3 Å². The zero-order valence-corrected chi connectivity index (χ0v) is 18.5. The number of fused-ring (bicyclic) bond motifs is 1. The summed E-state index contributed by atoms with van der Waals surface area (Å²) in [5, 5.41) is 13.6. The van der Waals surface area contributed by atoms with Crippen molar-refractivity contribution >= 4 is 39.1 Å². The van der Waals surface area contributed by atoms with E-state index in [-0.39, 0.29) is 23.3 Å². The van der Waals surface area contributed by atoms with Gasteiger partial charge in [0.1, 0.15) is 28.7 Å². The molecule has 0 aliphatic heterocycles. The predicted molar refractivity (Wildman–Crippen MR) is 124 cm³/mol. The third-order valence-electron chi connectivity index (χ3n) is 4.94. The minimum absolute atomic E-state index is 0.0288. The number of amides is 1. The largest absolute Gasteiger partial charge is 0.497 e. The first kappa shape index (κ1) is 22.0. The summed E-state index contributed by atoms with van der Waals surface area (Å²) in [6.07, 6.45) is 0. The van der Waals surface area contributed by atoms with Crippen LogP contribution in [0.25, 0.3) is 21.6 Å². The number of carbonyl (C=O) groups is 2. The Morgan fingerprint density at radius 2 is 1.88 bits per heavy atom. The maximum atomic E-state index is 13.4. The Hall–Kier alpha value is -4.18. The molecule has 1 amide bonds. The molecule has 2 aromatic heterocycles. The number of anilines is 1. The van der Waals surface area contributed by atoms with Crippen molar-refractivity contribution in [1.82, 2.24) is 9.55 Å². The lowest BCUT2D eigenvalue weighted by Crippen LogP contribution is -2.30. The first-order valence-electron chi connectivity index (χ1n) is 9.75. The third-order valence-corrected chi connectivity index (χ3v) is 5.81. The zero-order valence-electron chi connectivity index (χ0n) is 17.7. The Labute approximate surface area is 191 Å².